The number of primary sulfonamides is 1. The van der Waals surface area contributed by atoms with Crippen LogP contribution in [0.1, 0.15) is 92.6 Å². The van der Waals surface area contributed by atoms with Crippen LogP contribution in [0.4, 0.5) is 0 Å². The van der Waals surface area contributed by atoms with Crippen LogP contribution in [-0.4, -0.2) is 26.5 Å². The summed E-state index contributed by atoms with van der Waals surface area (Å²) in [5.41, 5.74) is 2.59. The van der Waals surface area contributed by atoms with Crippen molar-refractivity contribution in [2.75, 3.05) is 0 Å². The van der Waals surface area contributed by atoms with E-state index in [1.54, 1.807) is 0 Å². The zero-order valence-electron chi connectivity index (χ0n) is 23.4. The van der Waals surface area contributed by atoms with E-state index in [9.17, 15) is 18.0 Å². The van der Waals surface area contributed by atoms with Crippen molar-refractivity contribution in [3.8, 4) is 5.75 Å². The predicted octanol–water partition coefficient (Wildman–Crippen LogP) is 6.07. The van der Waals surface area contributed by atoms with Crippen LogP contribution in [0.15, 0.2) is 60.0 Å². The van der Waals surface area contributed by atoms with Gasteiger partial charge in [0.25, 0.3) is 0 Å². The molecule has 2 saturated carbocycles. The van der Waals surface area contributed by atoms with Crippen molar-refractivity contribution in [3.63, 3.8) is 0 Å². The number of rotatable bonds is 8. The predicted molar refractivity (Wildman–Crippen MR) is 152 cm³/mol. The zero-order valence-corrected chi connectivity index (χ0v) is 24.2. The van der Waals surface area contributed by atoms with Gasteiger partial charge in [-0.3, -0.25) is 4.79 Å². The van der Waals surface area contributed by atoms with Gasteiger partial charge in [-0.1, -0.05) is 32.4 Å². The minimum atomic E-state index is -3.83. The second-order valence-electron chi connectivity index (χ2n) is 11.9. The molecule has 214 valence electrons. The first-order valence-corrected chi connectivity index (χ1v) is 15.9. The highest BCUT2D eigenvalue weighted by molar-refractivity contribution is 7.89. The number of hydrogen-bond acceptors (Lipinski definition) is 6. The molecule has 8 heteroatoms. The van der Waals surface area contributed by atoms with E-state index in [4.69, 9.17) is 14.6 Å². The molecule has 0 spiro atoms. The number of hydrogen-bond donors (Lipinski definition) is 1. The van der Waals surface area contributed by atoms with E-state index in [-0.39, 0.29) is 33.4 Å². The van der Waals surface area contributed by atoms with Crippen molar-refractivity contribution in [2.45, 2.75) is 88.6 Å². The third kappa shape index (κ3) is 5.00. The average Bonchev–Trinajstić information content (AvgIpc) is 3.27. The normalized spacial score (nSPS) is 29.0. The van der Waals surface area contributed by atoms with Crippen LogP contribution in [0.2, 0.25) is 0 Å². The number of allylic oxidation sites excluding steroid dienone is 1. The lowest BCUT2D eigenvalue weighted by Crippen LogP contribution is -2.51. The lowest BCUT2D eigenvalue weighted by atomic mass is 9.47. The van der Waals surface area contributed by atoms with Crippen molar-refractivity contribution in [2.24, 2.45) is 21.9 Å². The summed E-state index contributed by atoms with van der Waals surface area (Å²) in [5.74, 6) is 0.546. The van der Waals surface area contributed by atoms with Gasteiger partial charge in [-0.05, 0) is 110 Å². The number of carbonyl (C=O) groups is 2. The molecule has 2 N–H and O–H groups in total. The third-order valence-electron chi connectivity index (χ3n) is 9.85. The van der Waals surface area contributed by atoms with E-state index < -0.39 is 16.0 Å². The Bertz CT molecular complexity index is 1420. The molecule has 5 rings (SSSR count). The van der Waals surface area contributed by atoms with Gasteiger partial charge in [0.15, 0.2) is 0 Å². The molecule has 5 atom stereocenters. The SMILES string of the molecule is C=C[C@@]12CCc3cc(OC(=O)c4ccc(S(N)(=O)=O)cc4)ccc3[C@H]1CC[C@]1(C)[C@@H](OC(=O)CCCC)CC[C@H]12. The molecule has 2 aromatic rings. The van der Waals surface area contributed by atoms with E-state index >= 15 is 0 Å². The number of aryl methyl sites for hydroxylation is 1. The lowest BCUT2D eigenvalue weighted by molar-refractivity contribution is -0.159. The summed E-state index contributed by atoms with van der Waals surface area (Å²) in [6.45, 7) is 8.74. The molecule has 7 nitrogen and oxygen atoms in total. The summed E-state index contributed by atoms with van der Waals surface area (Å²) in [6.07, 6.45) is 10.2. The summed E-state index contributed by atoms with van der Waals surface area (Å²) in [7, 11) is -3.83. The molecule has 0 aromatic heterocycles. The fourth-order valence-corrected chi connectivity index (χ4v) is 8.31. The first-order valence-electron chi connectivity index (χ1n) is 14.3. The Morgan fingerprint density at radius 3 is 2.52 bits per heavy atom. The van der Waals surface area contributed by atoms with Crippen molar-refractivity contribution >= 4 is 22.0 Å². The Morgan fingerprint density at radius 1 is 1.10 bits per heavy atom. The van der Waals surface area contributed by atoms with Crippen LogP contribution in [-0.2, 0) is 26.0 Å². The molecular weight excluding hydrogens is 526 g/mol. The molecule has 3 aliphatic carbocycles. The lowest BCUT2D eigenvalue weighted by Gasteiger charge is -2.57. The Morgan fingerprint density at radius 2 is 1.85 bits per heavy atom. The van der Waals surface area contributed by atoms with Crippen molar-refractivity contribution in [3.05, 3.63) is 71.8 Å². The third-order valence-corrected chi connectivity index (χ3v) is 10.8. The Balaban J connectivity index is 1.33. The van der Waals surface area contributed by atoms with Crippen LogP contribution >= 0.6 is 0 Å². The van der Waals surface area contributed by atoms with Crippen LogP contribution < -0.4 is 9.88 Å². The fourth-order valence-electron chi connectivity index (χ4n) is 7.80. The maximum absolute atomic E-state index is 12.7. The Kier molecular flexibility index (Phi) is 7.70. The van der Waals surface area contributed by atoms with Gasteiger partial charge in [0.1, 0.15) is 11.9 Å². The van der Waals surface area contributed by atoms with E-state index in [1.807, 2.05) is 12.1 Å². The molecule has 0 radical (unpaired) electrons. The first kappa shape index (κ1) is 28.6. The average molecular weight is 566 g/mol. The highest BCUT2D eigenvalue weighted by Crippen LogP contribution is 2.68. The Hall–Kier alpha value is -2.97. The summed E-state index contributed by atoms with van der Waals surface area (Å²) in [6, 6.07) is 11.3. The molecule has 2 fully saturated rings. The quantitative estimate of drug-likeness (QED) is 0.236. The minimum absolute atomic E-state index is 0.0400. The van der Waals surface area contributed by atoms with Crippen LogP contribution in [0, 0.1) is 16.7 Å². The largest absolute Gasteiger partial charge is 0.462 e. The van der Waals surface area contributed by atoms with Crippen molar-refractivity contribution in [1.82, 2.24) is 0 Å². The van der Waals surface area contributed by atoms with Gasteiger partial charge >= 0.3 is 11.9 Å². The minimum Gasteiger partial charge on any atom is -0.462 e. The fraction of sp³-hybridized carbons (Fsp3) is 0.500. The highest BCUT2D eigenvalue weighted by atomic mass is 32.2. The smallest absolute Gasteiger partial charge is 0.343 e. The monoisotopic (exact) mass is 565 g/mol. The van der Waals surface area contributed by atoms with E-state index in [1.165, 1.54) is 35.4 Å². The molecule has 0 bridgehead atoms. The molecular formula is C32H39NO6S. The molecule has 0 heterocycles. The number of benzene rings is 2. The molecule has 40 heavy (non-hydrogen) atoms. The first-order chi connectivity index (χ1) is 19.0. The molecule has 0 saturated heterocycles. The molecule has 0 aliphatic heterocycles. The molecule has 2 aromatic carbocycles. The zero-order chi connectivity index (χ0) is 28.7. The topological polar surface area (TPSA) is 113 Å². The van der Waals surface area contributed by atoms with Crippen molar-refractivity contribution in [1.29, 1.82) is 0 Å². The van der Waals surface area contributed by atoms with Gasteiger partial charge in [0.2, 0.25) is 10.0 Å². The second kappa shape index (κ2) is 10.8. The maximum Gasteiger partial charge on any atom is 0.343 e. The van der Waals surface area contributed by atoms with Crippen LogP contribution in [0.5, 0.6) is 5.75 Å². The van der Waals surface area contributed by atoms with Crippen molar-refractivity contribution < 1.29 is 27.5 Å². The summed E-state index contributed by atoms with van der Waals surface area (Å²) in [5, 5.41) is 5.14. The molecule has 0 unspecified atom stereocenters. The van der Waals surface area contributed by atoms with Crippen LogP contribution in [0.3, 0.4) is 0 Å². The number of ether oxygens (including phenoxy) is 2. The number of unbranched alkanes of at least 4 members (excludes halogenated alkanes) is 1. The van der Waals surface area contributed by atoms with Gasteiger partial charge in [-0.2, -0.15) is 0 Å². The number of fused-ring (bicyclic) bond motifs is 5. The van der Waals surface area contributed by atoms with E-state index in [0.29, 0.717) is 24.0 Å². The van der Waals surface area contributed by atoms with Gasteiger partial charge in [0, 0.05) is 11.8 Å². The second-order valence-corrected chi connectivity index (χ2v) is 13.5. The van der Waals surface area contributed by atoms with Crippen LogP contribution in [0.25, 0.3) is 0 Å². The highest BCUT2D eigenvalue weighted by Gasteiger charge is 2.62. The molecule has 3 aliphatic rings. The number of nitrogens with two attached hydrogens (primary N) is 1. The molecule has 0 amide bonds. The van der Waals surface area contributed by atoms with Gasteiger partial charge in [-0.25, -0.2) is 18.4 Å². The number of carbonyl (C=O) groups excluding carboxylic acids is 2. The standard InChI is InChI=1S/C32H39NO6S/c1-4-6-7-29(34)39-28-15-14-27-31(28,3)18-17-26-25-13-10-23(20-22(25)16-19-32(26,27)5-2)38-30(35)21-8-11-24(12-9-21)40(33,36)37/h5,8-13,20,26-28H,2,4,6-7,14-19H2,1,3H3,(H2,33,36,37)/t26-,27-,28+,31+,32-/m1/s1. The summed E-state index contributed by atoms with van der Waals surface area (Å²) >= 11 is 0. The van der Waals surface area contributed by atoms with E-state index in [0.717, 1.165) is 51.4 Å². The number of sulfonamides is 1. The van der Waals surface area contributed by atoms with E-state index in [2.05, 4.69) is 32.6 Å². The Labute approximate surface area is 237 Å². The summed E-state index contributed by atoms with van der Waals surface area (Å²) < 4.78 is 34.7. The number of esters is 2. The van der Waals surface area contributed by atoms with Gasteiger partial charge < -0.3 is 9.47 Å². The van der Waals surface area contributed by atoms with Gasteiger partial charge in [0.05, 0.1) is 10.5 Å². The summed E-state index contributed by atoms with van der Waals surface area (Å²) in [4.78, 5) is 25.2. The van der Waals surface area contributed by atoms with Gasteiger partial charge in [-0.15, -0.1) is 6.58 Å². The maximum atomic E-state index is 12.7.